The zero-order chi connectivity index (χ0) is 9.78. The Morgan fingerprint density at radius 1 is 1.33 bits per heavy atom. The van der Waals surface area contributed by atoms with Crippen molar-refractivity contribution in [2.24, 2.45) is 5.92 Å². The number of rotatable bonds is 4. The predicted octanol–water partition coefficient (Wildman–Crippen LogP) is 2.08. The molecule has 0 aromatic heterocycles. The minimum absolute atomic E-state index is 0.142. The third kappa shape index (κ3) is 5.86. The van der Waals surface area contributed by atoms with Crippen LogP contribution in [-0.2, 0) is 11.4 Å². The van der Waals surface area contributed by atoms with Gasteiger partial charge in [0.05, 0.1) is 0 Å². The van der Waals surface area contributed by atoms with Crippen molar-refractivity contribution in [3.05, 3.63) is 0 Å². The monoisotopic (exact) mass is 191 g/mol. The molecule has 0 aliphatic carbocycles. The van der Waals surface area contributed by atoms with Gasteiger partial charge in [-0.2, -0.15) is 0 Å². The summed E-state index contributed by atoms with van der Waals surface area (Å²) in [6, 6.07) is 0. The van der Waals surface area contributed by atoms with Crippen LogP contribution in [-0.4, -0.2) is 15.8 Å². The normalized spacial score (nSPS) is 15.2. The van der Waals surface area contributed by atoms with Crippen molar-refractivity contribution in [2.75, 3.05) is 6.54 Å². The highest BCUT2D eigenvalue weighted by Crippen LogP contribution is 2.13. The van der Waals surface area contributed by atoms with Crippen molar-refractivity contribution >= 4 is 11.4 Å². The Morgan fingerprint density at radius 2 is 1.83 bits per heavy atom. The van der Waals surface area contributed by atoms with Crippen LogP contribution in [0.25, 0.3) is 0 Å². The van der Waals surface area contributed by atoms with Gasteiger partial charge in [-0.25, -0.2) is 0 Å². The van der Waals surface area contributed by atoms with Crippen molar-refractivity contribution in [2.45, 2.75) is 45.8 Å². The summed E-state index contributed by atoms with van der Waals surface area (Å²) in [6.45, 7) is 11.1. The summed E-state index contributed by atoms with van der Waals surface area (Å²) < 4.78 is 14.3. The van der Waals surface area contributed by atoms with Gasteiger partial charge in [0, 0.05) is 17.9 Å². The predicted molar refractivity (Wildman–Crippen MR) is 55.4 cm³/mol. The highest BCUT2D eigenvalue weighted by molar-refractivity contribution is 7.90. The molecular formula is C9H21NOS. The summed E-state index contributed by atoms with van der Waals surface area (Å²) in [5, 5.41) is 0. The molecule has 0 aromatic rings. The standard InChI is InChI=1S/C9H21NOS/c1-8(2)6-7-10-12(11)9(3,4)5/h8,10H,6-7H2,1-5H3/t12-/m1/s1. The van der Waals surface area contributed by atoms with Gasteiger partial charge in [-0.1, -0.05) is 13.8 Å². The Hall–Kier alpha value is 0.270. The average molecular weight is 191 g/mol. The van der Waals surface area contributed by atoms with Crippen molar-refractivity contribution < 1.29 is 4.55 Å². The number of hydrogen-bond donors (Lipinski definition) is 1. The van der Waals surface area contributed by atoms with Crippen LogP contribution in [0.5, 0.6) is 0 Å². The first-order valence-corrected chi connectivity index (χ1v) is 5.64. The maximum Gasteiger partial charge on any atom is 0.136 e. The van der Waals surface area contributed by atoms with Gasteiger partial charge in [-0.15, -0.1) is 4.72 Å². The Balaban J connectivity index is 3.51. The lowest BCUT2D eigenvalue weighted by Crippen LogP contribution is -2.39. The molecule has 74 valence electrons. The highest BCUT2D eigenvalue weighted by atomic mass is 32.2. The first-order chi connectivity index (χ1) is 5.34. The molecule has 2 nitrogen and oxygen atoms in total. The summed E-state index contributed by atoms with van der Waals surface area (Å²) >= 11 is -0.904. The van der Waals surface area contributed by atoms with E-state index in [1.165, 1.54) is 0 Å². The molecule has 1 atom stereocenters. The molecule has 0 amide bonds. The van der Waals surface area contributed by atoms with Crippen LogP contribution in [0.15, 0.2) is 0 Å². The third-order valence-corrected chi connectivity index (χ3v) is 3.09. The van der Waals surface area contributed by atoms with Crippen LogP contribution in [0.4, 0.5) is 0 Å². The number of nitrogens with one attached hydrogen (secondary N) is 1. The molecule has 12 heavy (non-hydrogen) atoms. The molecule has 0 bridgehead atoms. The molecule has 3 heteroatoms. The van der Waals surface area contributed by atoms with Gasteiger partial charge in [0.2, 0.25) is 0 Å². The zero-order valence-electron chi connectivity index (χ0n) is 8.81. The van der Waals surface area contributed by atoms with E-state index in [-0.39, 0.29) is 4.75 Å². The van der Waals surface area contributed by atoms with E-state index in [0.29, 0.717) is 5.92 Å². The first kappa shape index (κ1) is 12.3. The quantitative estimate of drug-likeness (QED) is 0.691. The van der Waals surface area contributed by atoms with E-state index in [9.17, 15) is 4.55 Å². The maximum absolute atomic E-state index is 11.4. The van der Waals surface area contributed by atoms with Gasteiger partial charge < -0.3 is 4.55 Å². The minimum atomic E-state index is -0.904. The Morgan fingerprint density at radius 3 is 2.17 bits per heavy atom. The summed E-state index contributed by atoms with van der Waals surface area (Å²) in [7, 11) is 0. The molecule has 0 unspecified atom stereocenters. The van der Waals surface area contributed by atoms with Crippen molar-refractivity contribution in [1.29, 1.82) is 0 Å². The average Bonchev–Trinajstić information content (AvgIpc) is 1.84. The SMILES string of the molecule is CC(C)CCN[S@+]([O-])C(C)(C)C. The van der Waals surface area contributed by atoms with E-state index >= 15 is 0 Å². The van der Waals surface area contributed by atoms with E-state index in [1.54, 1.807) is 0 Å². The van der Waals surface area contributed by atoms with Gasteiger partial charge >= 0.3 is 0 Å². The maximum atomic E-state index is 11.4. The van der Waals surface area contributed by atoms with Crippen molar-refractivity contribution in [3.63, 3.8) is 0 Å². The fourth-order valence-corrected chi connectivity index (χ4v) is 1.39. The van der Waals surface area contributed by atoms with E-state index in [0.717, 1.165) is 13.0 Å². The van der Waals surface area contributed by atoms with Crippen LogP contribution in [0, 0.1) is 5.92 Å². The summed E-state index contributed by atoms with van der Waals surface area (Å²) in [6.07, 6.45) is 1.09. The van der Waals surface area contributed by atoms with Crippen LogP contribution in [0.3, 0.4) is 0 Å². The summed E-state index contributed by atoms with van der Waals surface area (Å²) in [5.74, 6) is 0.675. The fourth-order valence-electron chi connectivity index (χ4n) is 0.657. The topological polar surface area (TPSA) is 35.1 Å². The van der Waals surface area contributed by atoms with Crippen LogP contribution >= 0.6 is 0 Å². The fraction of sp³-hybridized carbons (Fsp3) is 1.00. The second-order valence-corrected chi connectivity index (χ2v) is 6.51. The molecule has 0 heterocycles. The van der Waals surface area contributed by atoms with Gasteiger partial charge in [0.15, 0.2) is 0 Å². The van der Waals surface area contributed by atoms with Crippen molar-refractivity contribution in [1.82, 2.24) is 4.72 Å². The Labute approximate surface area is 79.4 Å². The van der Waals surface area contributed by atoms with Gasteiger partial charge in [-0.05, 0) is 33.1 Å². The van der Waals surface area contributed by atoms with Gasteiger partial charge in [-0.3, -0.25) is 0 Å². The Kier molecular flexibility index (Phi) is 5.21. The third-order valence-electron chi connectivity index (χ3n) is 1.51. The van der Waals surface area contributed by atoms with E-state index < -0.39 is 11.4 Å². The van der Waals surface area contributed by atoms with Crippen molar-refractivity contribution in [3.8, 4) is 0 Å². The van der Waals surface area contributed by atoms with E-state index in [4.69, 9.17) is 0 Å². The van der Waals surface area contributed by atoms with E-state index in [2.05, 4.69) is 18.6 Å². The summed E-state index contributed by atoms with van der Waals surface area (Å²) in [5.41, 5.74) is 0. The molecule has 0 rings (SSSR count). The molecule has 0 saturated heterocycles. The van der Waals surface area contributed by atoms with Crippen LogP contribution < -0.4 is 4.72 Å². The largest absolute Gasteiger partial charge is 0.598 e. The Bertz CT molecular complexity index is 120. The highest BCUT2D eigenvalue weighted by Gasteiger charge is 2.25. The first-order valence-electron chi connectivity index (χ1n) is 4.49. The smallest absolute Gasteiger partial charge is 0.136 e. The van der Waals surface area contributed by atoms with Gasteiger partial charge in [0.1, 0.15) is 4.75 Å². The van der Waals surface area contributed by atoms with E-state index in [1.807, 2.05) is 20.8 Å². The molecule has 0 radical (unpaired) electrons. The molecule has 0 aliphatic rings. The molecule has 0 spiro atoms. The second-order valence-electron chi connectivity index (χ2n) is 4.46. The molecule has 0 fully saturated rings. The summed E-state index contributed by atoms with van der Waals surface area (Å²) in [4.78, 5) is 0. The second kappa shape index (κ2) is 5.10. The van der Waals surface area contributed by atoms with Crippen LogP contribution in [0.2, 0.25) is 0 Å². The lowest BCUT2D eigenvalue weighted by Gasteiger charge is -2.23. The lowest BCUT2D eigenvalue weighted by atomic mass is 10.1. The van der Waals surface area contributed by atoms with Crippen LogP contribution in [0.1, 0.15) is 41.0 Å². The number of hydrogen-bond acceptors (Lipinski definition) is 2. The van der Waals surface area contributed by atoms with Gasteiger partial charge in [0.25, 0.3) is 0 Å². The molecule has 1 N–H and O–H groups in total. The molecule has 0 aliphatic heterocycles. The molecule has 0 saturated carbocycles. The zero-order valence-corrected chi connectivity index (χ0v) is 9.62. The lowest BCUT2D eigenvalue weighted by molar-refractivity contribution is 0.527. The molecular weight excluding hydrogens is 170 g/mol. The molecule has 0 aromatic carbocycles. The minimum Gasteiger partial charge on any atom is -0.598 e.